The third-order valence-corrected chi connectivity index (χ3v) is 2.01. The highest BCUT2D eigenvalue weighted by Gasteiger charge is 2.14. The number of benzene rings is 1. The van der Waals surface area contributed by atoms with Crippen molar-refractivity contribution in [1.82, 2.24) is 5.16 Å². The zero-order chi connectivity index (χ0) is 11.7. The first-order valence-corrected chi connectivity index (χ1v) is 4.28. The number of rotatable bonds is 2. The molecule has 0 saturated heterocycles. The van der Waals surface area contributed by atoms with Crippen LogP contribution in [0, 0.1) is 11.6 Å². The molecule has 1 heterocycles. The van der Waals surface area contributed by atoms with Crippen molar-refractivity contribution in [2.24, 2.45) is 0 Å². The lowest BCUT2D eigenvalue weighted by Gasteiger charge is -2.01. The third kappa shape index (κ3) is 1.65. The molecule has 4 nitrogen and oxygen atoms in total. The van der Waals surface area contributed by atoms with Crippen LogP contribution in [0.4, 0.5) is 14.6 Å². The van der Waals surface area contributed by atoms with Gasteiger partial charge in [0.2, 0.25) is 0 Å². The molecule has 1 aromatic heterocycles. The average molecular weight is 224 g/mol. The van der Waals surface area contributed by atoms with Crippen molar-refractivity contribution in [2.75, 3.05) is 5.73 Å². The fourth-order valence-corrected chi connectivity index (χ4v) is 1.29. The lowest BCUT2D eigenvalue weighted by atomic mass is 10.1. The number of hydrogen-bond donors (Lipinski definition) is 1. The van der Waals surface area contributed by atoms with Gasteiger partial charge in [0.1, 0.15) is 0 Å². The molecule has 0 fully saturated rings. The first kappa shape index (κ1) is 10.3. The van der Waals surface area contributed by atoms with Crippen LogP contribution < -0.4 is 5.73 Å². The van der Waals surface area contributed by atoms with Crippen molar-refractivity contribution in [3.8, 4) is 11.3 Å². The van der Waals surface area contributed by atoms with Crippen molar-refractivity contribution in [2.45, 2.75) is 0 Å². The van der Waals surface area contributed by atoms with Gasteiger partial charge in [0.15, 0.2) is 29.5 Å². The number of aromatic nitrogens is 1. The van der Waals surface area contributed by atoms with Crippen molar-refractivity contribution in [3.63, 3.8) is 0 Å². The van der Waals surface area contributed by atoms with E-state index in [0.29, 0.717) is 6.29 Å². The number of anilines is 1. The lowest BCUT2D eigenvalue weighted by molar-refractivity contribution is 0.112. The summed E-state index contributed by atoms with van der Waals surface area (Å²) in [6.45, 7) is 0. The summed E-state index contributed by atoms with van der Waals surface area (Å²) in [6, 6.07) is 2.97. The van der Waals surface area contributed by atoms with Gasteiger partial charge in [-0.15, -0.1) is 0 Å². The van der Waals surface area contributed by atoms with Crippen LogP contribution in [0.1, 0.15) is 10.4 Å². The Hall–Kier alpha value is -2.24. The van der Waals surface area contributed by atoms with Gasteiger partial charge in [-0.3, -0.25) is 4.79 Å². The number of nitrogens with two attached hydrogens (primary N) is 1. The smallest absolute Gasteiger partial charge is 0.169 e. The minimum Gasteiger partial charge on any atom is -0.381 e. The van der Waals surface area contributed by atoms with Crippen LogP contribution in [0.25, 0.3) is 11.3 Å². The topological polar surface area (TPSA) is 69.1 Å². The summed E-state index contributed by atoms with van der Waals surface area (Å²) in [4.78, 5) is 10.7. The van der Waals surface area contributed by atoms with E-state index in [1.54, 1.807) is 0 Å². The molecule has 16 heavy (non-hydrogen) atoms. The monoisotopic (exact) mass is 224 g/mol. The molecule has 0 unspecified atom stereocenters. The maximum Gasteiger partial charge on any atom is 0.169 e. The molecule has 0 saturated carbocycles. The zero-order valence-electron chi connectivity index (χ0n) is 7.91. The van der Waals surface area contributed by atoms with E-state index in [2.05, 4.69) is 5.16 Å². The standard InChI is InChI=1S/C10H6F2N2O2/c11-7-1-5(4-15)6(2-8(7)12)9-3-10(13)14-16-9/h1-4H,(H2,13,14). The second kappa shape index (κ2) is 3.73. The van der Waals surface area contributed by atoms with Crippen molar-refractivity contribution in [3.05, 3.63) is 35.4 Å². The van der Waals surface area contributed by atoms with Crippen molar-refractivity contribution >= 4 is 12.1 Å². The zero-order valence-corrected chi connectivity index (χ0v) is 7.91. The summed E-state index contributed by atoms with van der Waals surface area (Å²) in [7, 11) is 0. The minimum absolute atomic E-state index is 0.0324. The Kier molecular flexibility index (Phi) is 2.40. The van der Waals surface area contributed by atoms with Crippen LogP contribution in [-0.4, -0.2) is 11.4 Å². The molecule has 0 radical (unpaired) electrons. The molecule has 82 valence electrons. The number of nitrogen functional groups attached to an aromatic ring is 1. The molecule has 2 N–H and O–H groups in total. The van der Waals surface area contributed by atoms with Gasteiger partial charge in [-0.2, -0.15) is 0 Å². The van der Waals surface area contributed by atoms with E-state index < -0.39 is 11.6 Å². The maximum absolute atomic E-state index is 13.0. The summed E-state index contributed by atoms with van der Waals surface area (Å²) >= 11 is 0. The van der Waals surface area contributed by atoms with Crippen LogP contribution in [0.5, 0.6) is 0 Å². The summed E-state index contributed by atoms with van der Waals surface area (Å²) in [5.74, 6) is -1.97. The quantitative estimate of drug-likeness (QED) is 0.792. The molecule has 1 aromatic carbocycles. The minimum atomic E-state index is -1.10. The first-order chi connectivity index (χ1) is 7.61. The molecule has 0 amide bonds. The Morgan fingerprint density at radius 1 is 1.25 bits per heavy atom. The summed E-state index contributed by atoms with van der Waals surface area (Å²) in [6.07, 6.45) is 0.399. The average Bonchev–Trinajstić information content (AvgIpc) is 2.68. The number of aldehydes is 1. The molecule has 0 aliphatic rings. The molecule has 0 atom stereocenters. The van der Waals surface area contributed by atoms with Gasteiger partial charge in [-0.25, -0.2) is 8.78 Å². The van der Waals surface area contributed by atoms with E-state index in [-0.39, 0.29) is 22.7 Å². The Labute approximate surface area is 88.7 Å². The molecule has 6 heteroatoms. The highest BCUT2D eigenvalue weighted by Crippen LogP contribution is 2.26. The first-order valence-electron chi connectivity index (χ1n) is 4.28. The largest absolute Gasteiger partial charge is 0.381 e. The van der Waals surface area contributed by atoms with Crippen LogP contribution in [-0.2, 0) is 0 Å². The van der Waals surface area contributed by atoms with Gasteiger partial charge >= 0.3 is 0 Å². The maximum atomic E-state index is 13.0. The van der Waals surface area contributed by atoms with Crippen molar-refractivity contribution < 1.29 is 18.1 Å². The van der Waals surface area contributed by atoms with Crippen LogP contribution in [0.3, 0.4) is 0 Å². The Balaban J connectivity index is 2.63. The molecule has 0 bridgehead atoms. The second-order valence-corrected chi connectivity index (χ2v) is 3.09. The van der Waals surface area contributed by atoms with E-state index in [0.717, 1.165) is 12.1 Å². The van der Waals surface area contributed by atoms with Crippen LogP contribution >= 0.6 is 0 Å². The number of hydrogen-bond acceptors (Lipinski definition) is 4. The second-order valence-electron chi connectivity index (χ2n) is 3.09. The van der Waals surface area contributed by atoms with Gasteiger partial charge in [0.05, 0.1) is 0 Å². The van der Waals surface area contributed by atoms with E-state index in [1.165, 1.54) is 6.07 Å². The molecule has 0 aliphatic carbocycles. The van der Waals surface area contributed by atoms with E-state index in [1.807, 2.05) is 0 Å². The van der Waals surface area contributed by atoms with E-state index >= 15 is 0 Å². The Morgan fingerprint density at radius 3 is 2.50 bits per heavy atom. The fourth-order valence-electron chi connectivity index (χ4n) is 1.29. The van der Waals surface area contributed by atoms with Gasteiger partial charge in [0, 0.05) is 17.2 Å². The van der Waals surface area contributed by atoms with Gasteiger partial charge in [0.25, 0.3) is 0 Å². The molecular formula is C10H6F2N2O2. The fraction of sp³-hybridized carbons (Fsp3) is 0. The predicted molar refractivity (Wildman–Crippen MR) is 51.7 cm³/mol. The van der Waals surface area contributed by atoms with Gasteiger partial charge < -0.3 is 10.3 Å². The van der Waals surface area contributed by atoms with Crippen LogP contribution in [0.2, 0.25) is 0 Å². The molecule has 2 rings (SSSR count). The molecular weight excluding hydrogens is 218 g/mol. The predicted octanol–water partition coefficient (Wildman–Crippen LogP) is 2.01. The van der Waals surface area contributed by atoms with E-state index in [4.69, 9.17) is 10.3 Å². The highest BCUT2D eigenvalue weighted by molar-refractivity contribution is 5.86. The number of carbonyl (C=O) groups is 1. The summed E-state index contributed by atoms with van der Waals surface area (Å²) < 4.78 is 30.6. The number of nitrogens with zero attached hydrogens (tertiary/aromatic N) is 1. The number of halogens is 2. The van der Waals surface area contributed by atoms with Gasteiger partial charge in [-0.1, -0.05) is 5.16 Å². The Morgan fingerprint density at radius 2 is 1.94 bits per heavy atom. The Bertz CT molecular complexity index is 552. The SMILES string of the molecule is Nc1cc(-c2cc(F)c(F)cc2C=O)on1. The highest BCUT2D eigenvalue weighted by atomic mass is 19.2. The number of carbonyl (C=O) groups excluding carboxylic acids is 1. The summed E-state index contributed by atoms with van der Waals surface area (Å²) in [5.41, 5.74) is 5.39. The molecule has 0 aliphatic heterocycles. The summed E-state index contributed by atoms with van der Waals surface area (Å²) in [5, 5.41) is 3.39. The van der Waals surface area contributed by atoms with Crippen LogP contribution in [0.15, 0.2) is 22.7 Å². The lowest BCUT2D eigenvalue weighted by Crippen LogP contribution is -1.92. The van der Waals surface area contributed by atoms with Gasteiger partial charge in [-0.05, 0) is 12.1 Å². The molecule has 2 aromatic rings. The normalized spacial score (nSPS) is 10.4. The van der Waals surface area contributed by atoms with E-state index in [9.17, 15) is 13.6 Å². The molecule has 0 spiro atoms. The third-order valence-electron chi connectivity index (χ3n) is 2.01. The van der Waals surface area contributed by atoms with Crippen molar-refractivity contribution in [1.29, 1.82) is 0 Å².